The molecule has 1 aromatic heterocycles. The highest BCUT2D eigenvalue weighted by atomic mass is 79.9. The first-order valence-corrected chi connectivity index (χ1v) is 11.8. The second-order valence-corrected chi connectivity index (χ2v) is 9.35. The van der Waals surface area contributed by atoms with Gasteiger partial charge in [-0.05, 0) is 48.7 Å². The van der Waals surface area contributed by atoms with Crippen LogP contribution >= 0.6 is 50.8 Å². The van der Waals surface area contributed by atoms with Gasteiger partial charge in [-0.3, -0.25) is 4.79 Å². The van der Waals surface area contributed by atoms with Crippen molar-refractivity contribution in [2.45, 2.75) is 11.4 Å². The lowest BCUT2D eigenvalue weighted by Gasteiger charge is -2.04. The maximum Gasteiger partial charge on any atom is 0.258 e. The van der Waals surface area contributed by atoms with Crippen LogP contribution in [-0.4, -0.2) is 28.2 Å². The number of nitrogens with zero attached hydrogens (tertiary/aromatic N) is 2. The third kappa shape index (κ3) is 5.00. The van der Waals surface area contributed by atoms with Gasteiger partial charge in [-0.15, -0.1) is 11.8 Å². The Morgan fingerprint density at radius 2 is 2.04 bits per heavy atom. The van der Waals surface area contributed by atoms with Crippen molar-refractivity contribution in [2.24, 2.45) is 4.99 Å². The van der Waals surface area contributed by atoms with Gasteiger partial charge >= 0.3 is 0 Å². The number of carbonyl (C=O) groups excluding carboxylic acids is 1. The van der Waals surface area contributed by atoms with E-state index in [1.165, 1.54) is 35.2 Å². The van der Waals surface area contributed by atoms with E-state index >= 15 is 0 Å². The first-order valence-electron chi connectivity index (χ1n) is 7.80. The minimum atomic E-state index is -0.281. The average Bonchev–Trinajstić information content (AvgIpc) is 2.95. The van der Waals surface area contributed by atoms with Crippen LogP contribution in [0.4, 0.5) is 4.39 Å². The van der Waals surface area contributed by atoms with Crippen molar-refractivity contribution < 1.29 is 9.18 Å². The molecular formula is C18H16BrFN2OS3. The van der Waals surface area contributed by atoms with Gasteiger partial charge < -0.3 is 4.57 Å². The number of thiazole rings is 1. The molecule has 0 aliphatic heterocycles. The van der Waals surface area contributed by atoms with Crippen molar-refractivity contribution in [1.29, 1.82) is 0 Å². The molecule has 0 spiro atoms. The number of thioether (sulfide) groups is 2. The van der Waals surface area contributed by atoms with E-state index in [1.54, 1.807) is 23.9 Å². The fourth-order valence-corrected chi connectivity index (χ4v) is 5.02. The molecule has 0 saturated carbocycles. The van der Waals surface area contributed by atoms with Crippen LogP contribution in [0.3, 0.4) is 0 Å². The van der Waals surface area contributed by atoms with E-state index < -0.39 is 0 Å². The lowest BCUT2D eigenvalue weighted by atomic mass is 10.3. The van der Waals surface area contributed by atoms with Gasteiger partial charge in [-0.25, -0.2) is 4.39 Å². The Balaban J connectivity index is 1.84. The summed E-state index contributed by atoms with van der Waals surface area (Å²) in [6.07, 6.45) is 2.06. The molecule has 0 unspecified atom stereocenters. The highest BCUT2D eigenvalue weighted by Crippen LogP contribution is 2.23. The van der Waals surface area contributed by atoms with Crippen LogP contribution in [0.5, 0.6) is 0 Å². The van der Waals surface area contributed by atoms with Crippen LogP contribution in [0.25, 0.3) is 10.2 Å². The van der Waals surface area contributed by atoms with Gasteiger partial charge in [-0.2, -0.15) is 16.8 Å². The van der Waals surface area contributed by atoms with E-state index in [0.29, 0.717) is 0 Å². The van der Waals surface area contributed by atoms with E-state index in [9.17, 15) is 9.18 Å². The van der Waals surface area contributed by atoms with Crippen LogP contribution in [-0.2, 0) is 11.3 Å². The molecule has 136 valence electrons. The smallest absolute Gasteiger partial charge is 0.258 e. The number of aryl methyl sites for hydroxylation is 1. The first-order chi connectivity index (χ1) is 12.6. The minimum Gasteiger partial charge on any atom is -0.316 e. The van der Waals surface area contributed by atoms with E-state index in [2.05, 4.69) is 31.7 Å². The summed E-state index contributed by atoms with van der Waals surface area (Å²) < 4.78 is 17.2. The van der Waals surface area contributed by atoms with Gasteiger partial charge in [0.05, 0.1) is 16.0 Å². The Bertz CT molecular complexity index is 982. The number of fused-ring (bicyclic) bond motifs is 1. The van der Waals surface area contributed by atoms with Gasteiger partial charge in [0.15, 0.2) is 4.80 Å². The molecule has 3 aromatic rings. The molecule has 0 fully saturated rings. The molecule has 0 N–H and O–H groups in total. The summed E-state index contributed by atoms with van der Waals surface area (Å²) >= 11 is 8.13. The number of hydrogen-bond acceptors (Lipinski definition) is 4. The summed E-state index contributed by atoms with van der Waals surface area (Å²) in [6, 6.07) is 12.2. The third-order valence-corrected chi connectivity index (χ3v) is 6.68. The molecule has 2 aromatic carbocycles. The Hall–Kier alpha value is -1.09. The summed E-state index contributed by atoms with van der Waals surface area (Å²) in [5.74, 6) is 0.708. The Kier molecular flexibility index (Phi) is 6.97. The topological polar surface area (TPSA) is 34.4 Å². The van der Waals surface area contributed by atoms with Gasteiger partial charge in [0.1, 0.15) is 5.82 Å². The monoisotopic (exact) mass is 470 g/mol. The Labute approximate surface area is 171 Å². The molecule has 26 heavy (non-hydrogen) atoms. The van der Waals surface area contributed by atoms with Crippen LogP contribution in [0, 0.1) is 5.82 Å². The fraction of sp³-hybridized carbons (Fsp3) is 0.222. The number of halogens is 2. The third-order valence-electron chi connectivity index (χ3n) is 3.56. The SMILES string of the molecule is CSCCn1c(=NC(=O)CSc2ccc(F)cc2)sc2cc(Br)ccc21. The number of rotatable bonds is 6. The van der Waals surface area contributed by atoms with Crippen LogP contribution in [0.15, 0.2) is 56.8 Å². The maximum atomic E-state index is 12.9. The van der Waals surface area contributed by atoms with Crippen LogP contribution in [0.2, 0.25) is 0 Å². The minimum absolute atomic E-state index is 0.192. The number of amides is 1. The van der Waals surface area contributed by atoms with Crippen molar-refractivity contribution in [3.8, 4) is 0 Å². The maximum absolute atomic E-state index is 12.9. The van der Waals surface area contributed by atoms with Gasteiger partial charge in [0, 0.05) is 21.7 Å². The van der Waals surface area contributed by atoms with E-state index in [1.807, 2.05) is 18.2 Å². The molecule has 1 heterocycles. The summed E-state index contributed by atoms with van der Waals surface area (Å²) in [4.78, 5) is 18.2. The molecule has 0 atom stereocenters. The van der Waals surface area contributed by atoms with Crippen LogP contribution in [0.1, 0.15) is 0 Å². The second kappa shape index (κ2) is 9.21. The van der Waals surface area contributed by atoms with Gasteiger partial charge in [0.2, 0.25) is 0 Å². The summed E-state index contributed by atoms with van der Waals surface area (Å²) in [5.41, 5.74) is 1.09. The molecule has 0 aliphatic rings. The molecule has 1 amide bonds. The Morgan fingerprint density at radius 1 is 1.27 bits per heavy atom. The number of carbonyl (C=O) groups is 1. The standard InChI is InChI=1S/C18H16BrFN2OS3/c1-24-9-8-22-15-7-2-12(19)10-16(15)26-18(22)21-17(23)11-25-14-5-3-13(20)4-6-14/h2-7,10H,8-9,11H2,1H3. The molecular weight excluding hydrogens is 455 g/mol. The highest BCUT2D eigenvalue weighted by molar-refractivity contribution is 9.10. The van der Waals surface area contributed by atoms with Crippen molar-refractivity contribution in [1.82, 2.24) is 4.57 Å². The van der Waals surface area contributed by atoms with Crippen molar-refractivity contribution in [2.75, 3.05) is 17.8 Å². The summed E-state index contributed by atoms with van der Waals surface area (Å²) in [7, 11) is 0. The fourth-order valence-electron chi connectivity index (χ4n) is 2.35. The van der Waals surface area contributed by atoms with Gasteiger partial charge in [0.25, 0.3) is 5.91 Å². The highest BCUT2D eigenvalue weighted by Gasteiger charge is 2.09. The predicted octanol–water partition coefficient (Wildman–Crippen LogP) is 5.19. The summed E-state index contributed by atoms with van der Waals surface area (Å²) in [6.45, 7) is 0.806. The van der Waals surface area contributed by atoms with Crippen molar-refractivity contribution in [3.63, 3.8) is 0 Å². The number of benzene rings is 2. The van der Waals surface area contributed by atoms with Crippen molar-refractivity contribution in [3.05, 3.63) is 57.6 Å². The largest absolute Gasteiger partial charge is 0.316 e. The lowest BCUT2D eigenvalue weighted by Crippen LogP contribution is -2.18. The zero-order valence-electron chi connectivity index (χ0n) is 13.9. The predicted molar refractivity (Wildman–Crippen MR) is 114 cm³/mol. The lowest BCUT2D eigenvalue weighted by molar-refractivity contribution is -0.115. The zero-order chi connectivity index (χ0) is 18.5. The molecule has 3 nitrogen and oxygen atoms in total. The number of aromatic nitrogens is 1. The molecule has 3 rings (SSSR count). The zero-order valence-corrected chi connectivity index (χ0v) is 18.0. The van der Waals surface area contributed by atoms with E-state index in [-0.39, 0.29) is 17.5 Å². The van der Waals surface area contributed by atoms with Crippen LogP contribution < -0.4 is 4.80 Å². The molecule has 0 bridgehead atoms. The average molecular weight is 471 g/mol. The van der Waals surface area contributed by atoms with Gasteiger partial charge in [-0.1, -0.05) is 27.3 Å². The molecule has 0 saturated heterocycles. The molecule has 8 heteroatoms. The number of hydrogen-bond donors (Lipinski definition) is 0. The van der Waals surface area contributed by atoms with E-state index in [4.69, 9.17) is 0 Å². The normalized spacial score (nSPS) is 12.0. The Morgan fingerprint density at radius 3 is 2.77 bits per heavy atom. The van der Waals surface area contributed by atoms with Crippen molar-refractivity contribution >= 4 is 66.9 Å². The second-order valence-electron chi connectivity index (χ2n) is 5.39. The quantitative estimate of drug-likeness (QED) is 0.465. The first kappa shape index (κ1) is 19.7. The van der Waals surface area contributed by atoms with E-state index in [0.717, 1.165) is 36.7 Å². The molecule has 0 aliphatic carbocycles. The molecule has 0 radical (unpaired) electrons. The summed E-state index contributed by atoms with van der Waals surface area (Å²) in [5, 5.41) is 0.